The van der Waals surface area contributed by atoms with Gasteiger partial charge in [0, 0.05) is 0 Å². The van der Waals surface area contributed by atoms with Crippen LogP contribution in [0, 0.1) is 0 Å². The van der Waals surface area contributed by atoms with E-state index in [9.17, 15) is 0 Å². The van der Waals surface area contributed by atoms with Crippen molar-refractivity contribution in [1.82, 2.24) is 0 Å². The first-order valence-corrected chi connectivity index (χ1v) is 5.90. The highest BCUT2D eigenvalue weighted by Crippen LogP contribution is 2.06. The molecule has 0 heteroatoms. The molecule has 0 aliphatic rings. The van der Waals surface area contributed by atoms with Crippen molar-refractivity contribution in [3.8, 4) is 0 Å². The van der Waals surface area contributed by atoms with Gasteiger partial charge in [-0.25, -0.2) is 0 Å². The molecule has 0 aliphatic heterocycles. The summed E-state index contributed by atoms with van der Waals surface area (Å²) in [5.41, 5.74) is 3.80. The monoisotopic (exact) mass is 224 g/mol. The number of allylic oxidation sites excluding steroid dienone is 7. The predicted octanol–water partition coefficient (Wildman–Crippen LogP) is 5.17. The zero-order chi connectivity index (χ0) is 12.5. The minimum Gasteiger partial charge on any atom is -0.0764 e. The topological polar surface area (TPSA) is 0 Å². The average molecular weight is 224 g/mol. The number of benzene rings is 1. The van der Waals surface area contributed by atoms with Crippen LogP contribution in [0.1, 0.15) is 26.3 Å². The Morgan fingerprint density at radius 2 is 1.59 bits per heavy atom. The lowest BCUT2D eigenvalue weighted by Crippen LogP contribution is -1.72. The molecule has 1 aromatic carbocycles. The van der Waals surface area contributed by atoms with Crippen LogP contribution in [0.5, 0.6) is 0 Å². The summed E-state index contributed by atoms with van der Waals surface area (Å²) in [5, 5.41) is 0. The molecule has 0 bridgehead atoms. The van der Waals surface area contributed by atoms with E-state index in [1.54, 1.807) is 0 Å². The molecule has 0 saturated heterocycles. The van der Waals surface area contributed by atoms with Crippen LogP contribution >= 0.6 is 0 Å². The van der Waals surface area contributed by atoms with E-state index in [-0.39, 0.29) is 0 Å². The van der Waals surface area contributed by atoms with E-state index in [0.717, 1.165) is 0 Å². The van der Waals surface area contributed by atoms with Crippen molar-refractivity contribution in [2.24, 2.45) is 0 Å². The molecule has 0 amide bonds. The largest absolute Gasteiger partial charge is 0.0764 e. The van der Waals surface area contributed by atoms with E-state index in [1.165, 1.54) is 16.7 Å². The molecule has 0 fully saturated rings. The molecule has 17 heavy (non-hydrogen) atoms. The smallest absolute Gasteiger partial charge is 0.0254 e. The summed E-state index contributed by atoms with van der Waals surface area (Å²) in [4.78, 5) is 0. The lowest BCUT2D eigenvalue weighted by atomic mass is 10.1. The lowest BCUT2D eigenvalue weighted by Gasteiger charge is -1.93. The Balaban J connectivity index is 2.58. The van der Waals surface area contributed by atoms with Crippen LogP contribution in [0.25, 0.3) is 6.08 Å². The molecule has 0 N–H and O–H groups in total. The predicted molar refractivity (Wildman–Crippen MR) is 77.8 cm³/mol. The molecular weight excluding hydrogens is 204 g/mol. The standard InChI is InChI=1S/C17H20/c1-15(2)10-6-4-7-11-16(3)14-17-12-8-5-9-13-17/h4-14H,1-3H3/b6-4+,11-7+,16-14+. The molecule has 88 valence electrons. The number of hydrogen-bond donors (Lipinski definition) is 0. The second-order valence-electron chi connectivity index (χ2n) is 4.29. The SMILES string of the molecule is CC(C)=C/C=C/C=C/C(C)=C/c1ccccc1. The second-order valence-corrected chi connectivity index (χ2v) is 4.29. The van der Waals surface area contributed by atoms with Gasteiger partial charge in [-0.2, -0.15) is 0 Å². The fourth-order valence-electron chi connectivity index (χ4n) is 1.38. The van der Waals surface area contributed by atoms with Crippen LogP contribution < -0.4 is 0 Å². The second kappa shape index (κ2) is 7.45. The summed E-state index contributed by atoms with van der Waals surface area (Å²) in [5.74, 6) is 0. The maximum absolute atomic E-state index is 2.17. The molecule has 0 radical (unpaired) electrons. The highest BCUT2D eigenvalue weighted by atomic mass is 13.9. The van der Waals surface area contributed by atoms with Gasteiger partial charge in [0.05, 0.1) is 0 Å². The molecule has 1 aromatic rings. The van der Waals surface area contributed by atoms with Crippen molar-refractivity contribution >= 4 is 6.08 Å². The van der Waals surface area contributed by atoms with Gasteiger partial charge in [-0.3, -0.25) is 0 Å². The molecule has 0 saturated carbocycles. The fourth-order valence-corrected chi connectivity index (χ4v) is 1.38. The molecular formula is C17H20. The summed E-state index contributed by atoms with van der Waals surface area (Å²) in [6.07, 6.45) is 12.6. The molecule has 0 nitrogen and oxygen atoms in total. The summed E-state index contributed by atoms with van der Waals surface area (Å²) < 4.78 is 0. The molecule has 0 aromatic heterocycles. The third-order valence-electron chi connectivity index (χ3n) is 2.20. The van der Waals surface area contributed by atoms with Crippen molar-refractivity contribution < 1.29 is 0 Å². The highest BCUT2D eigenvalue weighted by Gasteiger charge is 1.85. The van der Waals surface area contributed by atoms with Crippen LogP contribution in [0.15, 0.2) is 71.9 Å². The minimum absolute atomic E-state index is 1.24. The van der Waals surface area contributed by atoms with Crippen LogP contribution in [0.2, 0.25) is 0 Å². The molecule has 0 atom stereocenters. The Labute approximate surface area is 105 Å². The molecule has 0 spiro atoms. The van der Waals surface area contributed by atoms with Crippen LogP contribution in [0.4, 0.5) is 0 Å². The van der Waals surface area contributed by atoms with E-state index < -0.39 is 0 Å². The van der Waals surface area contributed by atoms with Gasteiger partial charge in [-0.05, 0) is 26.3 Å². The van der Waals surface area contributed by atoms with Gasteiger partial charge < -0.3 is 0 Å². The normalized spacial score (nSPS) is 12.3. The van der Waals surface area contributed by atoms with E-state index in [0.29, 0.717) is 0 Å². The fraction of sp³-hybridized carbons (Fsp3) is 0.176. The van der Waals surface area contributed by atoms with Crippen LogP contribution in [-0.4, -0.2) is 0 Å². The van der Waals surface area contributed by atoms with Crippen molar-refractivity contribution in [3.05, 3.63) is 77.4 Å². The zero-order valence-electron chi connectivity index (χ0n) is 10.9. The molecule has 0 heterocycles. The van der Waals surface area contributed by atoms with E-state index in [4.69, 9.17) is 0 Å². The summed E-state index contributed by atoms with van der Waals surface area (Å²) >= 11 is 0. The van der Waals surface area contributed by atoms with Crippen molar-refractivity contribution in [1.29, 1.82) is 0 Å². The first kappa shape index (κ1) is 13.2. The van der Waals surface area contributed by atoms with Gasteiger partial charge in [0.2, 0.25) is 0 Å². The zero-order valence-corrected chi connectivity index (χ0v) is 10.9. The first-order valence-electron chi connectivity index (χ1n) is 5.90. The Kier molecular flexibility index (Phi) is 5.81. The van der Waals surface area contributed by atoms with Crippen molar-refractivity contribution in [3.63, 3.8) is 0 Å². The lowest BCUT2D eigenvalue weighted by molar-refractivity contribution is 1.39. The van der Waals surface area contributed by atoms with Gasteiger partial charge in [0.1, 0.15) is 0 Å². The molecule has 1 rings (SSSR count). The van der Waals surface area contributed by atoms with Crippen molar-refractivity contribution in [2.45, 2.75) is 20.8 Å². The van der Waals surface area contributed by atoms with Gasteiger partial charge in [-0.1, -0.05) is 77.9 Å². The molecule has 0 aliphatic carbocycles. The summed E-state index contributed by atoms with van der Waals surface area (Å²) in [7, 11) is 0. The van der Waals surface area contributed by atoms with Gasteiger partial charge >= 0.3 is 0 Å². The van der Waals surface area contributed by atoms with Gasteiger partial charge in [0.15, 0.2) is 0 Å². The van der Waals surface area contributed by atoms with Crippen LogP contribution in [-0.2, 0) is 0 Å². The Morgan fingerprint density at radius 1 is 0.882 bits per heavy atom. The number of hydrogen-bond acceptors (Lipinski definition) is 0. The minimum atomic E-state index is 1.24. The third-order valence-corrected chi connectivity index (χ3v) is 2.20. The summed E-state index contributed by atoms with van der Waals surface area (Å²) in [6, 6.07) is 10.4. The van der Waals surface area contributed by atoms with Crippen molar-refractivity contribution in [2.75, 3.05) is 0 Å². The van der Waals surface area contributed by atoms with E-state index >= 15 is 0 Å². The van der Waals surface area contributed by atoms with Gasteiger partial charge in [-0.15, -0.1) is 0 Å². The Morgan fingerprint density at radius 3 is 2.24 bits per heavy atom. The maximum atomic E-state index is 2.17. The van der Waals surface area contributed by atoms with Gasteiger partial charge in [0.25, 0.3) is 0 Å². The summed E-state index contributed by atoms with van der Waals surface area (Å²) in [6.45, 7) is 6.29. The third kappa shape index (κ3) is 6.36. The maximum Gasteiger partial charge on any atom is -0.0254 e. The van der Waals surface area contributed by atoms with E-state index in [1.807, 2.05) is 6.07 Å². The van der Waals surface area contributed by atoms with E-state index in [2.05, 4.69) is 81.5 Å². The Hall–Kier alpha value is -1.82. The quantitative estimate of drug-likeness (QED) is 0.619. The highest BCUT2D eigenvalue weighted by molar-refractivity contribution is 5.55. The first-order chi connectivity index (χ1) is 8.18. The number of rotatable bonds is 4. The average Bonchev–Trinajstić information content (AvgIpc) is 2.29. The Bertz CT molecular complexity index is 438. The molecule has 0 unspecified atom stereocenters. The van der Waals surface area contributed by atoms with Crippen LogP contribution in [0.3, 0.4) is 0 Å².